The van der Waals surface area contributed by atoms with E-state index in [0.29, 0.717) is 17.8 Å². The first-order valence-corrected chi connectivity index (χ1v) is 10.4. The maximum absolute atomic E-state index is 13.1. The van der Waals surface area contributed by atoms with E-state index in [0.717, 1.165) is 10.9 Å². The van der Waals surface area contributed by atoms with Gasteiger partial charge in [-0.1, -0.05) is 23.7 Å². The molecule has 0 radical (unpaired) electrons. The third-order valence-corrected chi connectivity index (χ3v) is 6.02. The lowest BCUT2D eigenvalue weighted by Gasteiger charge is -2.18. The van der Waals surface area contributed by atoms with Crippen molar-refractivity contribution in [2.45, 2.75) is 39.0 Å². The number of halogens is 4. The summed E-state index contributed by atoms with van der Waals surface area (Å²) in [6.45, 7) is 2.49. The number of nitrogens with zero attached hydrogens (tertiary/aromatic N) is 2. The zero-order chi connectivity index (χ0) is 23.1. The summed E-state index contributed by atoms with van der Waals surface area (Å²) in [4.78, 5) is 25.0. The zero-order valence-electron chi connectivity index (χ0n) is 17.1. The number of aryl methyl sites for hydroxylation is 1. The Morgan fingerprint density at radius 2 is 1.97 bits per heavy atom. The molecule has 2 amide bonds. The Balaban J connectivity index is 1.50. The van der Waals surface area contributed by atoms with Crippen molar-refractivity contribution < 1.29 is 22.8 Å². The molecule has 1 heterocycles. The third kappa shape index (κ3) is 3.92. The average molecular weight is 465 g/mol. The van der Waals surface area contributed by atoms with Crippen LogP contribution in [0.1, 0.15) is 35.7 Å². The van der Waals surface area contributed by atoms with Gasteiger partial charge < -0.3 is 10.6 Å². The van der Waals surface area contributed by atoms with Gasteiger partial charge in [0.05, 0.1) is 28.0 Å². The van der Waals surface area contributed by atoms with Crippen molar-refractivity contribution in [1.82, 2.24) is 15.1 Å². The van der Waals surface area contributed by atoms with Gasteiger partial charge in [0.25, 0.3) is 5.91 Å². The van der Waals surface area contributed by atoms with Crippen LogP contribution in [0.4, 0.5) is 18.9 Å². The highest BCUT2D eigenvalue weighted by atomic mass is 35.5. The first-order chi connectivity index (χ1) is 15.2. The molecule has 1 saturated carbocycles. The van der Waals surface area contributed by atoms with Gasteiger partial charge in [-0.2, -0.15) is 18.3 Å². The van der Waals surface area contributed by atoms with Crippen LogP contribution >= 0.6 is 11.6 Å². The molecule has 2 aromatic carbocycles. The summed E-state index contributed by atoms with van der Waals surface area (Å²) >= 11 is 6.19. The second-order valence-electron chi connectivity index (χ2n) is 7.73. The predicted molar refractivity (Wildman–Crippen MR) is 114 cm³/mol. The summed E-state index contributed by atoms with van der Waals surface area (Å²) in [6, 6.07) is 9.93. The minimum Gasteiger partial charge on any atom is -0.351 e. The number of fused-ring (bicyclic) bond motifs is 1. The van der Waals surface area contributed by atoms with E-state index in [4.69, 9.17) is 11.6 Å². The molecule has 0 saturated heterocycles. The molecule has 1 aliphatic rings. The summed E-state index contributed by atoms with van der Waals surface area (Å²) < 4.78 is 41.1. The van der Waals surface area contributed by atoms with E-state index in [1.165, 1.54) is 12.1 Å². The Hall–Kier alpha value is -3.07. The number of nitrogens with one attached hydrogen (secondary N) is 2. The van der Waals surface area contributed by atoms with Crippen LogP contribution < -0.4 is 10.6 Å². The van der Waals surface area contributed by atoms with Crippen molar-refractivity contribution in [3.05, 3.63) is 58.7 Å². The summed E-state index contributed by atoms with van der Waals surface area (Å²) in [5.41, 5.74) is -0.256. The van der Waals surface area contributed by atoms with Gasteiger partial charge in [-0.25, -0.2) is 0 Å². The standard InChI is InChI=1S/C22H20ClF3N4O2/c1-2-30-18-5-3-4-17(15(18)12-28-30)29-19(31)14-10-13(6-7-16(14)23)11-27-20(32)21(8-9-21)22(24,25)26/h3-7,10,12H,2,8-9,11H2,1H3,(H,27,32)(H,29,31). The summed E-state index contributed by atoms with van der Waals surface area (Å²) in [5, 5.41) is 10.4. The van der Waals surface area contributed by atoms with E-state index in [2.05, 4.69) is 15.7 Å². The number of carbonyl (C=O) groups excluding carboxylic acids is 2. The van der Waals surface area contributed by atoms with Crippen molar-refractivity contribution in [3.63, 3.8) is 0 Å². The molecule has 1 aliphatic carbocycles. The smallest absolute Gasteiger partial charge is 0.351 e. The second-order valence-corrected chi connectivity index (χ2v) is 8.14. The number of carbonyl (C=O) groups is 2. The van der Waals surface area contributed by atoms with E-state index in [-0.39, 0.29) is 30.0 Å². The van der Waals surface area contributed by atoms with E-state index in [9.17, 15) is 22.8 Å². The normalized spacial score (nSPS) is 14.9. The molecule has 1 aromatic heterocycles. The van der Waals surface area contributed by atoms with Gasteiger partial charge in [0.1, 0.15) is 5.41 Å². The van der Waals surface area contributed by atoms with Crippen molar-refractivity contribution in [1.29, 1.82) is 0 Å². The molecule has 0 aliphatic heterocycles. The number of hydrogen-bond acceptors (Lipinski definition) is 3. The van der Waals surface area contributed by atoms with Crippen LogP contribution in [0.3, 0.4) is 0 Å². The van der Waals surface area contributed by atoms with Gasteiger partial charge in [0.2, 0.25) is 5.91 Å². The maximum Gasteiger partial charge on any atom is 0.403 e. The monoisotopic (exact) mass is 464 g/mol. The topological polar surface area (TPSA) is 76.0 Å². The molecule has 32 heavy (non-hydrogen) atoms. The van der Waals surface area contributed by atoms with Gasteiger partial charge in [0.15, 0.2) is 0 Å². The van der Waals surface area contributed by atoms with Crippen molar-refractivity contribution in [2.75, 3.05) is 5.32 Å². The Labute approximate surface area is 186 Å². The molecule has 0 unspecified atom stereocenters. The van der Waals surface area contributed by atoms with E-state index >= 15 is 0 Å². The lowest BCUT2D eigenvalue weighted by atomic mass is 10.1. The van der Waals surface area contributed by atoms with Crippen molar-refractivity contribution in [2.24, 2.45) is 5.41 Å². The molecular formula is C22H20ClF3N4O2. The highest BCUT2D eigenvalue weighted by Gasteiger charge is 2.68. The lowest BCUT2D eigenvalue weighted by Crippen LogP contribution is -2.40. The van der Waals surface area contributed by atoms with E-state index < -0.39 is 23.4 Å². The SMILES string of the molecule is CCn1ncc2c(NC(=O)c3cc(CNC(=O)C4(C(F)(F)F)CC4)ccc3Cl)cccc21. The van der Waals surface area contributed by atoms with Crippen molar-refractivity contribution in [3.8, 4) is 0 Å². The number of hydrogen-bond donors (Lipinski definition) is 2. The molecule has 2 N–H and O–H groups in total. The van der Waals surface area contributed by atoms with E-state index in [1.54, 1.807) is 29.1 Å². The van der Waals surface area contributed by atoms with Crippen LogP contribution in [0, 0.1) is 5.41 Å². The molecule has 0 bridgehead atoms. The number of rotatable bonds is 6. The zero-order valence-corrected chi connectivity index (χ0v) is 17.8. The molecule has 4 rings (SSSR count). The maximum atomic E-state index is 13.1. The van der Waals surface area contributed by atoms with Gasteiger partial charge in [-0.05, 0) is 49.6 Å². The first kappa shape index (κ1) is 22.1. The first-order valence-electron chi connectivity index (χ1n) is 10.1. The molecule has 6 nitrogen and oxygen atoms in total. The minimum absolute atomic E-state index is 0.146. The van der Waals surface area contributed by atoms with Crippen LogP contribution in [0.15, 0.2) is 42.6 Å². The fourth-order valence-electron chi connectivity index (χ4n) is 3.63. The Morgan fingerprint density at radius 3 is 2.62 bits per heavy atom. The number of alkyl halides is 3. The molecule has 0 atom stereocenters. The predicted octanol–water partition coefficient (Wildman–Crippen LogP) is 4.92. The highest BCUT2D eigenvalue weighted by molar-refractivity contribution is 6.34. The van der Waals surface area contributed by atoms with Gasteiger partial charge in [0, 0.05) is 18.5 Å². The fraction of sp³-hybridized carbons (Fsp3) is 0.318. The van der Waals surface area contributed by atoms with Crippen LogP contribution in [0.25, 0.3) is 10.9 Å². The van der Waals surface area contributed by atoms with Gasteiger partial charge >= 0.3 is 6.18 Å². The van der Waals surface area contributed by atoms with Crippen LogP contribution in [0.5, 0.6) is 0 Å². The van der Waals surface area contributed by atoms with Crippen molar-refractivity contribution >= 4 is 40.0 Å². The largest absolute Gasteiger partial charge is 0.403 e. The second kappa shape index (κ2) is 8.12. The molecule has 168 valence electrons. The summed E-state index contributed by atoms with van der Waals surface area (Å²) in [5.74, 6) is -1.53. The Bertz CT molecular complexity index is 1200. The van der Waals surface area contributed by atoms with Crippen LogP contribution in [-0.2, 0) is 17.9 Å². The van der Waals surface area contributed by atoms with Crippen LogP contribution in [-0.4, -0.2) is 27.8 Å². The highest BCUT2D eigenvalue weighted by Crippen LogP contribution is 2.57. The molecule has 1 fully saturated rings. The number of aromatic nitrogens is 2. The molecule has 10 heteroatoms. The molecule has 3 aromatic rings. The summed E-state index contributed by atoms with van der Waals surface area (Å²) in [6.07, 6.45) is -3.33. The molecule has 0 spiro atoms. The average Bonchev–Trinajstić information content (AvgIpc) is 3.48. The Kier molecular flexibility index (Phi) is 5.62. The van der Waals surface area contributed by atoms with Crippen LogP contribution in [0.2, 0.25) is 5.02 Å². The third-order valence-electron chi connectivity index (χ3n) is 5.69. The van der Waals surface area contributed by atoms with Gasteiger partial charge in [-0.3, -0.25) is 14.3 Å². The quantitative estimate of drug-likeness (QED) is 0.543. The van der Waals surface area contributed by atoms with E-state index in [1.807, 2.05) is 13.0 Å². The minimum atomic E-state index is -4.57. The number of amides is 2. The number of anilines is 1. The molecular weight excluding hydrogens is 445 g/mol. The number of benzene rings is 2. The lowest BCUT2D eigenvalue weighted by molar-refractivity contribution is -0.192. The fourth-order valence-corrected chi connectivity index (χ4v) is 3.83. The van der Waals surface area contributed by atoms with Gasteiger partial charge in [-0.15, -0.1) is 0 Å². The Morgan fingerprint density at radius 1 is 1.22 bits per heavy atom. The summed E-state index contributed by atoms with van der Waals surface area (Å²) in [7, 11) is 0.